The summed E-state index contributed by atoms with van der Waals surface area (Å²) in [5.41, 5.74) is 1.40. The minimum Gasteiger partial charge on any atom is -0.374 e. The first-order chi connectivity index (χ1) is 6.76. The molecule has 1 heteroatoms. The van der Waals surface area contributed by atoms with Gasteiger partial charge in [0.2, 0.25) is 0 Å². The van der Waals surface area contributed by atoms with Gasteiger partial charge in [-0.15, -0.1) is 0 Å². The number of hydrogen-bond donors (Lipinski definition) is 0. The lowest BCUT2D eigenvalue weighted by Crippen LogP contribution is -2.16. The lowest BCUT2D eigenvalue weighted by atomic mass is 10.3. The van der Waals surface area contributed by atoms with Gasteiger partial charge in [-0.2, -0.15) is 0 Å². The van der Waals surface area contributed by atoms with Crippen LogP contribution in [0, 0.1) is 0 Å². The number of nitrogens with zero attached hydrogens (tertiary/aromatic N) is 1. The van der Waals surface area contributed by atoms with Crippen molar-refractivity contribution in [3.05, 3.63) is 36.1 Å². The van der Waals surface area contributed by atoms with Crippen LogP contribution in [-0.2, 0) is 0 Å². The monoisotopic (exact) mass is 193 g/mol. The fourth-order valence-electron chi connectivity index (χ4n) is 1.36. The molecule has 0 fully saturated rings. The van der Waals surface area contributed by atoms with Crippen molar-refractivity contribution in [3.63, 3.8) is 0 Å². The molecule has 0 unspecified atom stereocenters. The molecule has 0 saturated heterocycles. The minimum atomic E-state index is 1.01. The molecule has 0 heterocycles. The highest BCUT2D eigenvalue weighted by molar-refractivity contribution is 5.01. The van der Waals surface area contributed by atoms with Gasteiger partial charge in [-0.3, -0.25) is 0 Å². The standard InChI is InChI=1S/C13H23N/c1-5-8-9-10-11-12-14(4)13(6-2)7-3/h5-6,8,10-11H,7,9,12H2,1-4H3/b8-5-,11-10-,13-6+. The molecule has 80 valence electrons. The van der Waals surface area contributed by atoms with Crippen LogP contribution in [-0.4, -0.2) is 18.5 Å². The van der Waals surface area contributed by atoms with Crippen molar-refractivity contribution < 1.29 is 0 Å². The van der Waals surface area contributed by atoms with Gasteiger partial charge in [-0.25, -0.2) is 0 Å². The number of likely N-dealkylation sites (N-methyl/N-ethyl adjacent to an activating group) is 1. The van der Waals surface area contributed by atoms with Crippen LogP contribution in [0.25, 0.3) is 0 Å². The van der Waals surface area contributed by atoms with Gasteiger partial charge in [0.25, 0.3) is 0 Å². The van der Waals surface area contributed by atoms with Crippen LogP contribution >= 0.6 is 0 Å². The van der Waals surface area contributed by atoms with E-state index < -0.39 is 0 Å². The Labute approximate surface area is 88.8 Å². The lowest BCUT2D eigenvalue weighted by molar-refractivity contribution is 0.448. The summed E-state index contributed by atoms with van der Waals surface area (Å²) in [6, 6.07) is 0. The third-order valence-corrected chi connectivity index (χ3v) is 2.24. The molecule has 0 N–H and O–H groups in total. The minimum absolute atomic E-state index is 1.01. The molecule has 0 aliphatic heterocycles. The molecule has 0 atom stereocenters. The van der Waals surface area contributed by atoms with Crippen LogP contribution in [0.5, 0.6) is 0 Å². The third-order valence-electron chi connectivity index (χ3n) is 2.24. The molecule has 0 amide bonds. The maximum atomic E-state index is 2.28. The molecule has 0 bridgehead atoms. The van der Waals surface area contributed by atoms with Crippen LogP contribution in [0.3, 0.4) is 0 Å². The smallest absolute Gasteiger partial charge is 0.0353 e. The van der Waals surface area contributed by atoms with Gasteiger partial charge in [0.1, 0.15) is 0 Å². The topological polar surface area (TPSA) is 3.24 Å². The van der Waals surface area contributed by atoms with Gasteiger partial charge < -0.3 is 4.90 Å². The van der Waals surface area contributed by atoms with E-state index in [1.807, 2.05) is 0 Å². The maximum Gasteiger partial charge on any atom is 0.0353 e. The Hall–Kier alpha value is -0.980. The average Bonchev–Trinajstić information content (AvgIpc) is 2.19. The zero-order valence-corrected chi connectivity index (χ0v) is 9.96. The Morgan fingerprint density at radius 2 is 1.86 bits per heavy atom. The predicted octanol–water partition coefficient (Wildman–Crippen LogP) is 3.75. The van der Waals surface area contributed by atoms with Crippen molar-refractivity contribution in [1.29, 1.82) is 0 Å². The largest absolute Gasteiger partial charge is 0.374 e. The van der Waals surface area contributed by atoms with Crippen molar-refractivity contribution in [3.8, 4) is 0 Å². The molecular weight excluding hydrogens is 170 g/mol. The highest BCUT2D eigenvalue weighted by atomic mass is 15.1. The van der Waals surface area contributed by atoms with Gasteiger partial charge in [0, 0.05) is 19.3 Å². The van der Waals surface area contributed by atoms with E-state index in [0.717, 1.165) is 19.4 Å². The first-order valence-corrected chi connectivity index (χ1v) is 5.38. The van der Waals surface area contributed by atoms with Crippen molar-refractivity contribution in [2.24, 2.45) is 0 Å². The normalized spacial score (nSPS) is 13.0. The molecule has 0 radical (unpaired) electrons. The number of allylic oxidation sites excluding steroid dienone is 5. The summed E-state index contributed by atoms with van der Waals surface area (Å²) < 4.78 is 0. The van der Waals surface area contributed by atoms with Crippen LogP contribution in [0.1, 0.15) is 33.6 Å². The van der Waals surface area contributed by atoms with Gasteiger partial charge in [-0.05, 0) is 26.7 Å². The highest BCUT2D eigenvalue weighted by Gasteiger charge is 1.96. The Morgan fingerprint density at radius 3 is 2.36 bits per heavy atom. The molecule has 14 heavy (non-hydrogen) atoms. The van der Waals surface area contributed by atoms with Crippen LogP contribution in [0.2, 0.25) is 0 Å². The summed E-state index contributed by atoms with van der Waals surface area (Å²) >= 11 is 0. The fraction of sp³-hybridized carbons (Fsp3) is 0.538. The lowest BCUT2D eigenvalue weighted by Gasteiger charge is -2.19. The zero-order valence-electron chi connectivity index (χ0n) is 9.96. The second-order valence-electron chi connectivity index (χ2n) is 3.29. The Kier molecular flexibility index (Phi) is 8.01. The second kappa shape index (κ2) is 8.61. The summed E-state index contributed by atoms with van der Waals surface area (Å²) in [6.07, 6.45) is 13.0. The van der Waals surface area contributed by atoms with Crippen LogP contribution in [0.15, 0.2) is 36.1 Å². The fourth-order valence-corrected chi connectivity index (χ4v) is 1.36. The summed E-state index contributed by atoms with van der Waals surface area (Å²) in [7, 11) is 2.14. The number of rotatable bonds is 6. The van der Waals surface area contributed by atoms with Crippen molar-refractivity contribution in [1.82, 2.24) is 4.90 Å². The summed E-state index contributed by atoms with van der Waals surface area (Å²) in [5.74, 6) is 0. The maximum absolute atomic E-state index is 2.28. The molecule has 0 aliphatic rings. The molecule has 0 aromatic rings. The first-order valence-electron chi connectivity index (χ1n) is 5.38. The van der Waals surface area contributed by atoms with Gasteiger partial charge >= 0.3 is 0 Å². The van der Waals surface area contributed by atoms with Gasteiger partial charge in [0.15, 0.2) is 0 Å². The molecule has 0 saturated carbocycles. The van der Waals surface area contributed by atoms with E-state index in [1.165, 1.54) is 5.70 Å². The van der Waals surface area contributed by atoms with Crippen molar-refractivity contribution >= 4 is 0 Å². The Bertz CT molecular complexity index is 211. The Balaban J connectivity index is 3.83. The van der Waals surface area contributed by atoms with Gasteiger partial charge in [0.05, 0.1) is 0 Å². The molecule has 0 aliphatic carbocycles. The van der Waals surface area contributed by atoms with E-state index in [4.69, 9.17) is 0 Å². The second-order valence-corrected chi connectivity index (χ2v) is 3.29. The highest BCUT2D eigenvalue weighted by Crippen LogP contribution is 2.05. The van der Waals surface area contributed by atoms with Crippen molar-refractivity contribution in [2.75, 3.05) is 13.6 Å². The van der Waals surface area contributed by atoms with Crippen molar-refractivity contribution in [2.45, 2.75) is 33.6 Å². The van der Waals surface area contributed by atoms with Crippen LogP contribution < -0.4 is 0 Å². The predicted molar refractivity (Wildman–Crippen MR) is 65.2 cm³/mol. The first kappa shape index (κ1) is 13.0. The van der Waals surface area contributed by atoms with E-state index in [9.17, 15) is 0 Å². The van der Waals surface area contributed by atoms with Gasteiger partial charge in [-0.1, -0.05) is 37.3 Å². The number of hydrogen-bond acceptors (Lipinski definition) is 1. The summed E-state index contributed by atoms with van der Waals surface area (Å²) in [5, 5.41) is 0. The molecule has 0 rings (SSSR count). The molecule has 0 aromatic heterocycles. The molecule has 1 nitrogen and oxygen atoms in total. The van der Waals surface area contributed by atoms with E-state index in [1.54, 1.807) is 0 Å². The van der Waals surface area contributed by atoms with E-state index in [-0.39, 0.29) is 0 Å². The van der Waals surface area contributed by atoms with E-state index in [0.29, 0.717) is 0 Å². The van der Waals surface area contributed by atoms with Crippen LogP contribution in [0.4, 0.5) is 0 Å². The van der Waals surface area contributed by atoms with E-state index >= 15 is 0 Å². The quantitative estimate of drug-likeness (QED) is 0.581. The third kappa shape index (κ3) is 5.63. The molecule has 0 spiro atoms. The SMILES string of the molecule is C/C=C\C/C=C\CN(C)/C(=C/C)CC. The zero-order chi connectivity index (χ0) is 10.8. The summed E-state index contributed by atoms with van der Waals surface area (Å²) in [6.45, 7) is 7.34. The summed E-state index contributed by atoms with van der Waals surface area (Å²) in [4.78, 5) is 2.28. The molecular formula is C13H23N. The average molecular weight is 193 g/mol. The Morgan fingerprint density at radius 1 is 1.14 bits per heavy atom. The molecule has 0 aromatic carbocycles. The van der Waals surface area contributed by atoms with E-state index in [2.05, 4.69) is 63.1 Å².